The number of nitrogens with zero attached hydrogens (tertiary/aromatic N) is 3. The molecule has 0 radical (unpaired) electrons. The maximum Gasteiger partial charge on any atom is 0.223 e. The van der Waals surface area contributed by atoms with Gasteiger partial charge in [0.25, 0.3) is 0 Å². The van der Waals surface area contributed by atoms with E-state index in [4.69, 9.17) is 39.0 Å². The molecule has 6 rings (SSSR count). The number of ether oxygens (including phenoxy) is 1. The summed E-state index contributed by atoms with van der Waals surface area (Å²) in [5.41, 5.74) is 1.45. The molecular formula is C27H22Cl2FN3O3S. The standard InChI is InChI=1S/C27H22Cl2FN3O3S/c1-31-20-12-22-21(11-19(20)30)32-26(37-22)27(34)9-7-15(8-10-27)35-13-16-24(33-36-25(16)14-5-6-14)23-17(28)3-2-4-18(23)29/h2-4,11-12,14-15,34H,5-10,13H2. The number of thiazole rings is 1. The lowest BCUT2D eigenvalue weighted by molar-refractivity contribution is -0.0640. The maximum absolute atomic E-state index is 14.0. The van der Waals surface area contributed by atoms with Crippen molar-refractivity contribution >= 4 is 50.4 Å². The Kier molecular flexibility index (Phi) is 6.46. The number of rotatable bonds is 6. The van der Waals surface area contributed by atoms with E-state index >= 15 is 0 Å². The molecule has 2 heterocycles. The predicted octanol–water partition coefficient (Wildman–Crippen LogP) is 8.17. The molecule has 0 amide bonds. The van der Waals surface area contributed by atoms with Crippen LogP contribution in [-0.2, 0) is 16.9 Å². The summed E-state index contributed by atoms with van der Waals surface area (Å²) in [4.78, 5) is 7.71. The van der Waals surface area contributed by atoms with Crippen LogP contribution in [0, 0.1) is 12.4 Å². The third-order valence-electron chi connectivity index (χ3n) is 7.16. The first-order chi connectivity index (χ1) is 17.9. The highest BCUT2D eigenvalue weighted by Gasteiger charge is 2.39. The zero-order valence-electron chi connectivity index (χ0n) is 19.6. The summed E-state index contributed by atoms with van der Waals surface area (Å²) >= 11 is 14.2. The van der Waals surface area contributed by atoms with Gasteiger partial charge in [-0.25, -0.2) is 14.2 Å². The molecule has 0 aliphatic heterocycles. The minimum atomic E-state index is -1.11. The Bertz CT molecular complexity index is 1510. The van der Waals surface area contributed by atoms with Crippen LogP contribution in [0.15, 0.2) is 34.9 Å². The number of aromatic nitrogens is 2. The smallest absolute Gasteiger partial charge is 0.223 e. The zero-order valence-corrected chi connectivity index (χ0v) is 22.0. The fourth-order valence-electron chi connectivity index (χ4n) is 4.92. The lowest BCUT2D eigenvalue weighted by Gasteiger charge is -2.34. The summed E-state index contributed by atoms with van der Waals surface area (Å²) in [5, 5.41) is 17.3. The number of hydrogen-bond donors (Lipinski definition) is 1. The molecule has 10 heteroatoms. The Labute approximate surface area is 226 Å². The molecule has 4 aromatic rings. The van der Waals surface area contributed by atoms with Crippen LogP contribution in [0.4, 0.5) is 10.1 Å². The highest BCUT2D eigenvalue weighted by molar-refractivity contribution is 7.18. The van der Waals surface area contributed by atoms with E-state index in [9.17, 15) is 9.50 Å². The van der Waals surface area contributed by atoms with Gasteiger partial charge < -0.3 is 14.4 Å². The van der Waals surface area contributed by atoms with Gasteiger partial charge in [0.05, 0.1) is 34.8 Å². The Hall–Kier alpha value is -2.54. The summed E-state index contributed by atoms with van der Waals surface area (Å²) in [6, 6.07) is 8.11. The normalized spacial score (nSPS) is 21.9. The van der Waals surface area contributed by atoms with Gasteiger partial charge in [0.2, 0.25) is 5.69 Å². The van der Waals surface area contributed by atoms with Crippen LogP contribution in [0.3, 0.4) is 0 Å². The summed E-state index contributed by atoms with van der Waals surface area (Å²) in [7, 11) is 0. The second kappa shape index (κ2) is 9.64. The molecule has 37 heavy (non-hydrogen) atoms. The SMILES string of the molecule is [C-]#[N+]c1cc2sc(C3(O)CCC(OCc4c(-c5c(Cl)cccc5Cl)noc4C4CC4)CC3)nc2cc1F. The predicted molar refractivity (Wildman–Crippen MR) is 141 cm³/mol. The van der Waals surface area contributed by atoms with Crippen molar-refractivity contribution in [3.63, 3.8) is 0 Å². The Balaban J connectivity index is 1.18. The molecule has 6 nitrogen and oxygen atoms in total. The van der Waals surface area contributed by atoms with Gasteiger partial charge in [-0.1, -0.05) is 34.4 Å². The van der Waals surface area contributed by atoms with E-state index in [0.717, 1.165) is 24.2 Å². The van der Waals surface area contributed by atoms with Crippen molar-refractivity contribution in [3.8, 4) is 11.3 Å². The van der Waals surface area contributed by atoms with Crippen molar-refractivity contribution in [2.24, 2.45) is 0 Å². The summed E-state index contributed by atoms with van der Waals surface area (Å²) in [6.45, 7) is 7.43. The first-order valence-corrected chi connectivity index (χ1v) is 13.7. The molecule has 2 aromatic carbocycles. The number of hydrogen-bond acceptors (Lipinski definition) is 6. The van der Waals surface area contributed by atoms with Crippen LogP contribution >= 0.6 is 34.5 Å². The van der Waals surface area contributed by atoms with Crippen molar-refractivity contribution in [1.82, 2.24) is 10.1 Å². The fraction of sp³-hybridized carbons (Fsp3) is 0.370. The molecule has 0 unspecified atom stereocenters. The summed E-state index contributed by atoms with van der Waals surface area (Å²) < 4.78 is 26.8. The topological polar surface area (TPSA) is 72.7 Å². The maximum atomic E-state index is 14.0. The molecule has 0 atom stereocenters. The second-order valence-electron chi connectivity index (χ2n) is 9.69. The highest BCUT2D eigenvalue weighted by atomic mass is 35.5. The fourth-order valence-corrected chi connectivity index (χ4v) is 6.62. The third-order valence-corrected chi connectivity index (χ3v) is 9.01. The van der Waals surface area contributed by atoms with Gasteiger partial charge in [-0.3, -0.25) is 0 Å². The molecule has 2 fully saturated rings. The molecule has 0 spiro atoms. The lowest BCUT2D eigenvalue weighted by atomic mass is 9.83. The van der Waals surface area contributed by atoms with Gasteiger partial charge in [0.15, 0.2) is 0 Å². The van der Waals surface area contributed by atoms with Gasteiger partial charge in [-0.2, -0.15) is 0 Å². The van der Waals surface area contributed by atoms with Crippen LogP contribution in [0.2, 0.25) is 10.0 Å². The molecule has 2 aromatic heterocycles. The average molecular weight is 558 g/mol. The molecule has 2 aliphatic carbocycles. The minimum absolute atomic E-state index is 0.0384. The van der Waals surface area contributed by atoms with Gasteiger partial charge in [0.1, 0.15) is 27.9 Å². The van der Waals surface area contributed by atoms with Gasteiger partial charge in [-0.15, -0.1) is 11.3 Å². The van der Waals surface area contributed by atoms with Gasteiger partial charge >= 0.3 is 0 Å². The number of halogens is 3. The Morgan fingerprint density at radius 2 is 1.92 bits per heavy atom. The molecule has 2 aliphatic rings. The van der Waals surface area contributed by atoms with Crippen LogP contribution < -0.4 is 0 Å². The molecule has 1 N–H and O–H groups in total. The van der Waals surface area contributed by atoms with Crippen LogP contribution in [0.25, 0.3) is 26.3 Å². The van der Waals surface area contributed by atoms with Gasteiger partial charge in [0, 0.05) is 21.7 Å². The van der Waals surface area contributed by atoms with E-state index in [1.165, 1.54) is 23.5 Å². The Morgan fingerprint density at radius 3 is 2.59 bits per heavy atom. The number of aliphatic hydroxyl groups is 1. The van der Waals surface area contributed by atoms with Crippen molar-refractivity contribution in [2.75, 3.05) is 0 Å². The number of benzene rings is 2. The highest BCUT2D eigenvalue weighted by Crippen LogP contribution is 2.47. The summed E-state index contributed by atoms with van der Waals surface area (Å²) in [5.74, 6) is 0.573. The summed E-state index contributed by atoms with van der Waals surface area (Å²) in [6.07, 6.45) is 4.27. The molecule has 190 valence electrons. The largest absolute Gasteiger partial charge is 0.383 e. The second-order valence-corrected chi connectivity index (χ2v) is 11.5. The van der Waals surface area contributed by atoms with E-state index in [1.807, 2.05) is 0 Å². The molecular weight excluding hydrogens is 536 g/mol. The van der Waals surface area contributed by atoms with Crippen molar-refractivity contribution in [2.45, 2.75) is 62.8 Å². The van der Waals surface area contributed by atoms with E-state index < -0.39 is 11.4 Å². The monoisotopic (exact) mass is 557 g/mol. The Morgan fingerprint density at radius 1 is 1.19 bits per heavy atom. The van der Waals surface area contributed by atoms with Gasteiger partial charge in [-0.05, 0) is 62.8 Å². The first kappa shape index (κ1) is 24.8. The van der Waals surface area contributed by atoms with E-state index in [0.29, 0.717) is 74.7 Å². The third kappa shape index (κ3) is 4.64. The molecule has 2 saturated carbocycles. The van der Waals surface area contributed by atoms with E-state index in [2.05, 4.69) is 15.0 Å². The number of fused-ring (bicyclic) bond motifs is 1. The lowest BCUT2D eigenvalue weighted by Crippen LogP contribution is -2.34. The molecule has 0 bridgehead atoms. The van der Waals surface area contributed by atoms with Crippen LogP contribution in [0.5, 0.6) is 0 Å². The van der Waals surface area contributed by atoms with E-state index in [1.54, 1.807) is 18.2 Å². The molecule has 0 saturated heterocycles. The van der Waals surface area contributed by atoms with Crippen molar-refractivity contribution < 1.29 is 18.8 Å². The first-order valence-electron chi connectivity index (χ1n) is 12.1. The van der Waals surface area contributed by atoms with Crippen LogP contribution in [0.1, 0.15) is 60.8 Å². The van der Waals surface area contributed by atoms with Crippen LogP contribution in [-0.4, -0.2) is 21.4 Å². The zero-order chi connectivity index (χ0) is 25.7. The minimum Gasteiger partial charge on any atom is -0.383 e. The van der Waals surface area contributed by atoms with Crippen molar-refractivity contribution in [3.05, 3.63) is 73.9 Å². The average Bonchev–Trinajstić information content (AvgIpc) is 3.51. The van der Waals surface area contributed by atoms with Crippen molar-refractivity contribution in [1.29, 1.82) is 0 Å². The van der Waals surface area contributed by atoms with E-state index in [-0.39, 0.29) is 11.8 Å². The quantitative estimate of drug-likeness (QED) is 0.242.